The van der Waals surface area contributed by atoms with Crippen molar-refractivity contribution in [3.63, 3.8) is 0 Å². The Morgan fingerprint density at radius 3 is 2.82 bits per heavy atom. The van der Waals surface area contributed by atoms with Gasteiger partial charge in [-0.05, 0) is 33.0 Å². The minimum absolute atomic E-state index is 0.442. The van der Waals surface area contributed by atoms with Gasteiger partial charge in [0.2, 0.25) is 0 Å². The first-order valence-corrected chi connectivity index (χ1v) is 8.06. The largest absolute Gasteiger partial charge is 0.480 e. The van der Waals surface area contributed by atoms with Crippen LogP contribution in [0, 0.1) is 11.8 Å². The molecule has 1 fully saturated rings. The quantitative estimate of drug-likeness (QED) is 0.815. The lowest BCUT2D eigenvalue weighted by Crippen LogP contribution is -2.54. The van der Waals surface area contributed by atoms with Crippen molar-refractivity contribution in [1.82, 2.24) is 9.80 Å². The van der Waals surface area contributed by atoms with Gasteiger partial charge in [0.05, 0.1) is 4.88 Å². The van der Waals surface area contributed by atoms with Gasteiger partial charge in [-0.1, -0.05) is 11.8 Å². The number of carboxylic acid groups (broad SMARTS) is 1. The number of hydrogen-bond donors (Lipinski definition) is 2. The predicted molar refractivity (Wildman–Crippen MR) is 86.8 cm³/mol. The highest BCUT2D eigenvalue weighted by Crippen LogP contribution is 2.19. The number of aliphatic hydroxyl groups is 1. The van der Waals surface area contributed by atoms with E-state index in [1.165, 1.54) is 0 Å². The molecule has 1 aromatic rings. The first-order valence-electron chi connectivity index (χ1n) is 7.24. The first-order chi connectivity index (χ1) is 10.2. The van der Waals surface area contributed by atoms with Crippen LogP contribution in [0.4, 0.5) is 0 Å². The lowest BCUT2D eigenvalue weighted by Gasteiger charge is -2.36. The molecule has 1 aliphatic heterocycles. The maximum atomic E-state index is 11.2. The van der Waals surface area contributed by atoms with Crippen LogP contribution in [0.1, 0.15) is 23.6 Å². The molecule has 0 spiro atoms. The molecule has 1 aromatic heterocycles. The summed E-state index contributed by atoms with van der Waals surface area (Å²) < 4.78 is 0. The number of carboxylic acids is 1. The first kappa shape index (κ1) is 17.0. The summed E-state index contributed by atoms with van der Waals surface area (Å²) in [6, 6.07) is 3.53. The molecule has 0 aromatic carbocycles. The van der Waals surface area contributed by atoms with Gasteiger partial charge < -0.3 is 10.2 Å². The molecule has 120 valence electrons. The van der Waals surface area contributed by atoms with Gasteiger partial charge in [0.25, 0.3) is 0 Å². The van der Waals surface area contributed by atoms with Gasteiger partial charge in [-0.2, -0.15) is 0 Å². The highest BCUT2D eigenvalue weighted by atomic mass is 32.1. The van der Waals surface area contributed by atoms with Crippen molar-refractivity contribution in [3.8, 4) is 11.8 Å². The molecule has 2 rings (SSSR count). The number of nitrogens with zero attached hydrogens (tertiary/aromatic N) is 2. The minimum atomic E-state index is -0.990. The molecular weight excluding hydrogens is 300 g/mol. The van der Waals surface area contributed by atoms with Crippen LogP contribution >= 0.6 is 11.3 Å². The number of piperazine rings is 1. The van der Waals surface area contributed by atoms with Crippen LogP contribution in [-0.2, 0) is 11.3 Å². The second-order valence-corrected chi connectivity index (χ2v) is 7.31. The van der Waals surface area contributed by atoms with E-state index < -0.39 is 17.6 Å². The van der Waals surface area contributed by atoms with Gasteiger partial charge in [0.15, 0.2) is 0 Å². The molecule has 5 nitrogen and oxygen atoms in total. The van der Waals surface area contributed by atoms with Crippen molar-refractivity contribution >= 4 is 17.3 Å². The Morgan fingerprint density at radius 2 is 2.18 bits per heavy atom. The standard InChI is InChI=1S/C16H22N2O3S/c1-16(2,21)7-6-12-4-5-13(22-12)10-18-9-8-17(3)14(11-18)15(19)20/h4-5,14,21H,8-11H2,1-3H3,(H,19,20)/t14-/m1/s1. The number of aliphatic carboxylic acids is 1. The van der Waals surface area contributed by atoms with Gasteiger partial charge in [-0.25, -0.2) is 0 Å². The Kier molecular flexibility index (Phi) is 5.24. The Morgan fingerprint density at radius 1 is 1.45 bits per heavy atom. The third kappa shape index (κ3) is 4.82. The zero-order valence-corrected chi connectivity index (χ0v) is 14.0. The highest BCUT2D eigenvalue weighted by Gasteiger charge is 2.29. The normalized spacial score (nSPS) is 20.5. The SMILES string of the molecule is CN1CCN(Cc2ccc(C#CC(C)(C)O)s2)C[C@@H]1C(=O)O. The Labute approximate surface area is 135 Å². The van der Waals surface area contributed by atoms with E-state index in [0.29, 0.717) is 6.54 Å². The van der Waals surface area contributed by atoms with Gasteiger partial charge in [-0.3, -0.25) is 14.6 Å². The maximum Gasteiger partial charge on any atom is 0.322 e. The second kappa shape index (κ2) is 6.80. The van der Waals surface area contributed by atoms with Crippen molar-refractivity contribution in [2.24, 2.45) is 0 Å². The maximum absolute atomic E-state index is 11.2. The van der Waals surface area contributed by atoms with Gasteiger partial charge in [-0.15, -0.1) is 11.3 Å². The summed E-state index contributed by atoms with van der Waals surface area (Å²) in [4.78, 5) is 17.4. The van der Waals surface area contributed by atoms with E-state index in [2.05, 4.69) is 16.7 Å². The fourth-order valence-electron chi connectivity index (χ4n) is 2.31. The van der Waals surface area contributed by atoms with Crippen molar-refractivity contribution < 1.29 is 15.0 Å². The van der Waals surface area contributed by atoms with E-state index >= 15 is 0 Å². The lowest BCUT2D eigenvalue weighted by atomic mass is 10.1. The Hall–Kier alpha value is -1.39. The van der Waals surface area contributed by atoms with Gasteiger partial charge >= 0.3 is 5.97 Å². The molecule has 1 atom stereocenters. The van der Waals surface area contributed by atoms with E-state index in [4.69, 9.17) is 0 Å². The van der Waals surface area contributed by atoms with E-state index in [1.54, 1.807) is 25.2 Å². The van der Waals surface area contributed by atoms with Crippen LogP contribution in [-0.4, -0.2) is 64.3 Å². The molecule has 1 aliphatic rings. The lowest BCUT2D eigenvalue weighted by molar-refractivity contribution is -0.145. The molecule has 0 amide bonds. The van der Waals surface area contributed by atoms with Crippen LogP contribution in [0.5, 0.6) is 0 Å². The van der Waals surface area contributed by atoms with Crippen molar-refractivity contribution in [2.45, 2.75) is 32.0 Å². The topological polar surface area (TPSA) is 64.0 Å². The molecule has 22 heavy (non-hydrogen) atoms. The van der Waals surface area contributed by atoms with E-state index in [-0.39, 0.29) is 0 Å². The Balaban J connectivity index is 1.98. The Bertz CT molecular complexity index is 595. The minimum Gasteiger partial charge on any atom is -0.480 e. The van der Waals surface area contributed by atoms with Crippen molar-refractivity contribution in [1.29, 1.82) is 0 Å². The predicted octanol–water partition coefficient (Wildman–Crippen LogP) is 1.07. The smallest absolute Gasteiger partial charge is 0.322 e. The fourth-order valence-corrected chi connectivity index (χ4v) is 3.21. The summed E-state index contributed by atoms with van der Waals surface area (Å²) in [5.41, 5.74) is -0.990. The summed E-state index contributed by atoms with van der Waals surface area (Å²) in [7, 11) is 1.85. The van der Waals surface area contributed by atoms with Gasteiger partial charge in [0, 0.05) is 31.1 Å². The number of hydrogen-bond acceptors (Lipinski definition) is 5. The average molecular weight is 322 g/mol. The van der Waals surface area contributed by atoms with Crippen LogP contribution < -0.4 is 0 Å². The van der Waals surface area contributed by atoms with Crippen LogP contribution in [0.3, 0.4) is 0 Å². The molecular formula is C16H22N2O3S. The fraction of sp³-hybridized carbons (Fsp3) is 0.562. The summed E-state index contributed by atoms with van der Waals surface area (Å²) in [5.74, 6) is 5.01. The molecule has 0 unspecified atom stereocenters. The van der Waals surface area contributed by atoms with E-state index in [9.17, 15) is 15.0 Å². The zero-order valence-electron chi connectivity index (χ0n) is 13.2. The summed E-state index contributed by atoms with van der Waals surface area (Å²) >= 11 is 1.59. The zero-order chi connectivity index (χ0) is 16.3. The summed E-state index contributed by atoms with van der Waals surface area (Å²) in [5, 5.41) is 18.9. The number of carbonyl (C=O) groups is 1. The third-order valence-electron chi connectivity index (χ3n) is 3.55. The molecule has 1 saturated heterocycles. The molecule has 6 heteroatoms. The monoisotopic (exact) mass is 322 g/mol. The number of thiophene rings is 1. The average Bonchev–Trinajstić information content (AvgIpc) is 2.85. The third-order valence-corrected chi connectivity index (χ3v) is 4.54. The highest BCUT2D eigenvalue weighted by molar-refractivity contribution is 7.12. The van der Waals surface area contributed by atoms with Crippen LogP contribution in [0.15, 0.2) is 12.1 Å². The summed E-state index contributed by atoms with van der Waals surface area (Å²) in [6.07, 6.45) is 0. The van der Waals surface area contributed by atoms with Crippen LogP contribution in [0.25, 0.3) is 0 Å². The van der Waals surface area contributed by atoms with E-state index in [0.717, 1.165) is 29.4 Å². The number of likely N-dealkylation sites (N-methyl/N-ethyl adjacent to an activating group) is 1. The molecule has 0 bridgehead atoms. The second-order valence-electron chi connectivity index (χ2n) is 6.14. The molecule has 0 aliphatic carbocycles. The molecule has 0 radical (unpaired) electrons. The van der Waals surface area contributed by atoms with Crippen molar-refractivity contribution in [3.05, 3.63) is 21.9 Å². The molecule has 2 N–H and O–H groups in total. The number of rotatable bonds is 3. The van der Waals surface area contributed by atoms with Gasteiger partial charge in [0.1, 0.15) is 11.6 Å². The molecule has 2 heterocycles. The van der Waals surface area contributed by atoms with Crippen molar-refractivity contribution in [2.75, 3.05) is 26.7 Å². The molecule has 0 saturated carbocycles. The van der Waals surface area contributed by atoms with E-state index in [1.807, 2.05) is 24.1 Å². The van der Waals surface area contributed by atoms with Crippen LogP contribution in [0.2, 0.25) is 0 Å². The summed E-state index contributed by atoms with van der Waals surface area (Å²) in [6.45, 7) is 6.22.